The zero-order valence-corrected chi connectivity index (χ0v) is 11.9. The molecular formula is C14H19ClN2O. The third kappa shape index (κ3) is 2.66. The molecule has 2 unspecified atom stereocenters. The predicted molar refractivity (Wildman–Crippen MR) is 72.9 cm³/mol. The average Bonchev–Trinajstić information content (AvgIpc) is 2.66. The summed E-state index contributed by atoms with van der Waals surface area (Å²) in [6.07, 6.45) is 1.86. The molecular weight excluding hydrogens is 248 g/mol. The Morgan fingerprint density at radius 2 is 2.22 bits per heavy atom. The van der Waals surface area contributed by atoms with Gasteiger partial charge in [-0.2, -0.15) is 0 Å². The number of hydrogen-bond acceptors (Lipinski definition) is 2. The van der Waals surface area contributed by atoms with Crippen LogP contribution in [0, 0.1) is 5.92 Å². The number of likely N-dealkylation sites (tertiary alicyclic amines) is 1. The highest BCUT2D eigenvalue weighted by Gasteiger charge is 2.30. The SMILES string of the molecule is CCc1cc(C(=O)N2CC(C)CC2C)cc(Cl)n1. The third-order valence-electron chi connectivity index (χ3n) is 3.50. The van der Waals surface area contributed by atoms with Crippen LogP contribution < -0.4 is 0 Å². The van der Waals surface area contributed by atoms with Gasteiger partial charge >= 0.3 is 0 Å². The van der Waals surface area contributed by atoms with E-state index in [1.807, 2.05) is 17.9 Å². The van der Waals surface area contributed by atoms with E-state index in [1.165, 1.54) is 0 Å². The van der Waals surface area contributed by atoms with E-state index in [-0.39, 0.29) is 5.91 Å². The lowest BCUT2D eigenvalue weighted by molar-refractivity contribution is 0.0743. The Kier molecular flexibility index (Phi) is 3.91. The largest absolute Gasteiger partial charge is 0.336 e. The number of carbonyl (C=O) groups is 1. The van der Waals surface area contributed by atoms with Gasteiger partial charge in [0.25, 0.3) is 5.91 Å². The van der Waals surface area contributed by atoms with Crippen molar-refractivity contribution in [2.24, 2.45) is 5.92 Å². The first-order valence-electron chi connectivity index (χ1n) is 6.48. The van der Waals surface area contributed by atoms with Crippen LogP contribution in [0.1, 0.15) is 43.2 Å². The molecule has 1 aliphatic heterocycles. The summed E-state index contributed by atoms with van der Waals surface area (Å²) in [5.74, 6) is 0.651. The molecule has 2 rings (SSSR count). The standard InChI is InChI=1S/C14H19ClN2O/c1-4-12-6-11(7-13(15)16-12)14(18)17-8-9(2)5-10(17)3/h6-7,9-10H,4-5,8H2,1-3H3. The van der Waals surface area contributed by atoms with Gasteiger partial charge in [-0.25, -0.2) is 4.98 Å². The average molecular weight is 267 g/mol. The number of nitrogens with zero attached hydrogens (tertiary/aromatic N) is 2. The Hall–Kier alpha value is -1.09. The fourth-order valence-electron chi connectivity index (χ4n) is 2.60. The van der Waals surface area contributed by atoms with Gasteiger partial charge in [-0.1, -0.05) is 25.4 Å². The van der Waals surface area contributed by atoms with Gasteiger partial charge in [-0.15, -0.1) is 0 Å². The van der Waals surface area contributed by atoms with Crippen LogP contribution in [-0.2, 0) is 6.42 Å². The van der Waals surface area contributed by atoms with Gasteiger partial charge < -0.3 is 4.90 Å². The molecule has 0 aliphatic carbocycles. The molecule has 1 amide bonds. The van der Waals surface area contributed by atoms with Crippen LogP contribution in [0.25, 0.3) is 0 Å². The Balaban J connectivity index is 2.26. The molecule has 2 atom stereocenters. The number of aromatic nitrogens is 1. The van der Waals surface area contributed by atoms with Gasteiger partial charge in [0, 0.05) is 23.8 Å². The molecule has 1 aromatic rings. The molecule has 1 saturated heterocycles. The molecule has 2 heterocycles. The quantitative estimate of drug-likeness (QED) is 0.771. The van der Waals surface area contributed by atoms with E-state index in [1.54, 1.807) is 6.07 Å². The maximum atomic E-state index is 12.5. The molecule has 0 spiro atoms. The number of hydrogen-bond donors (Lipinski definition) is 0. The molecule has 18 heavy (non-hydrogen) atoms. The highest BCUT2D eigenvalue weighted by atomic mass is 35.5. The molecule has 0 aromatic carbocycles. The molecule has 3 nitrogen and oxygen atoms in total. The number of halogens is 1. The fourth-order valence-corrected chi connectivity index (χ4v) is 2.83. The first kappa shape index (κ1) is 13.3. The van der Waals surface area contributed by atoms with Gasteiger partial charge in [-0.3, -0.25) is 4.79 Å². The number of amides is 1. The van der Waals surface area contributed by atoms with Crippen LogP contribution >= 0.6 is 11.6 Å². The lowest BCUT2D eigenvalue weighted by Crippen LogP contribution is -2.34. The zero-order valence-electron chi connectivity index (χ0n) is 11.1. The summed E-state index contributed by atoms with van der Waals surface area (Å²) in [4.78, 5) is 18.6. The summed E-state index contributed by atoms with van der Waals surface area (Å²) < 4.78 is 0. The van der Waals surface area contributed by atoms with Crippen molar-refractivity contribution in [3.63, 3.8) is 0 Å². The van der Waals surface area contributed by atoms with Crippen LogP contribution in [-0.4, -0.2) is 28.4 Å². The van der Waals surface area contributed by atoms with Crippen molar-refractivity contribution in [3.8, 4) is 0 Å². The van der Waals surface area contributed by atoms with Crippen LogP contribution in [0.3, 0.4) is 0 Å². The van der Waals surface area contributed by atoms with Crippen LogP contribution in [0.15, 0.2) is 12.1 Å². The number of pyridine rings is 1. The number of aryl methyl sites for hydroxylation is 1. The van der Waals surface area contributed by atoms with E-state index < -0.39 is 0 Å². The maximum absolute atomic E-state index is 12.5. The van der Waals surface area contributed by atoms with Crippen LogP contribution in [0.2, 0.25) is 5.15 Å². The van der Waals surface area contributed by atoms with Gasteiger partial charge in [-0.05, 0) is 37.8 Å². The minimum atomic E-state index is 0.0749. The predicted octanol–water partition coefficient (Wildman–Crippen LogP) is 3.17. The van der Waals surface area contributed by atoms with Crippen molar-refractivity contribution < 1.29 is 4.79 Å². The van der Waals surface area contributed by atoms with Gasteiger partial charge in [0.15, 0.2) is 0 Å². The molecule has 0 N–H and O–H groups in total. The van der Waals surface area contributed by atoms with Crippen molar-refractivity contribution in [2.45, 2.75) is 39.7 Å². The minimum Gasteiger partial charge on any atom is -0.336 e. The van der Waals surface area contributed by atoms with Gasteiger partial charge in [0.2, 0.25) is 0 Å². The van der Waals surface area contributed by atoms with E-state index in [4.69, 9.17) is 11.6 Å². The fraction of sp³-hybridized carbons (Fsp3) is 0.571. The number of rotatable bonds is 2. The summed E-state index contributed by atoms with van der Waals surface area (Å²) in [7, 11) is 0. The van der Waals surface area contributed by atoms with Crippen LogP contribution in [0.5, 0.6) is 0 Å². The maximum Gasteiger partial charge on any atom is 0.254 e. The second-order valence-corrected chi connectivity index (χ2v) is 5.56. The summed E-state index contributed by atoms with van der Waals surface area (Å²) in [6.45, 7) is 7.13. The van der Waals surface area contributed by atoms with E-state index in [2.05, 4.69) is 18.8 Å². The van der Waals surface area contributed by atoms with Crippen molar-refractivity contribution in [1.29, 1.82) is 0 Å². The molecule has 0 saturated carbocycles. The van der Waals surface area contributed by atoms with E-state index in [0.717, 1.165) is 25.1 Å². The van der Waals surface area contributed by atoms with Gasteiger partial charge in [0.1, 0.15) is 5.15 Å². The third-order valence-corrected chi connectivity index (χ3v) is 3.69. The second kappa shape index (κ2) is 5.27. The van der Waals surface area contributed by atoms with E-state index in [0.29, 0.717) is 22.7 Å². The van der Waals surface area contributed by atoms with Crippen molar-refractivity contribution >= 4 is 17.5 Å². The monoisotopic (exact) mass is 266 g/mol. The van der Waals surface area contributed by atoms with E-state index in [9.17, 15) is 4.79 Å². The first-order valence-corrected chi connectivity index (χ1v) is 6.86. The highest BCUT2D eigenvalue weighted by molar-refractivity contribution is 6.29. The summed E-state index contributed by atoms with van der Waals surface area (Å²) in [5.41, 5.74) is 1.53. The molecule has 1 aromatic heterocycles. The highest BCUT2D eigenvalue weighted by Crippen LogP contribution is 2.25. The Morgan fingerprint density at radius 1 is 1.50 bits per heavy atom. The molecule has 0 radical (unpaired) electrons. The minimum absolute atomic E-state index is 0.0749. The lowest BCUT2D eigenvalue weighted by Gasteiger charge is -2.21. The molecule has 1 fully saturated rings. The summed E-state index contributed by atoms with van der Waals surface area (Å²) >= 11 is 5.96. The topological polar surface area (TPSA) is 33.2 Å². The smallest absolute Gasteiger partial charge is 0.254 e. The summed E-state index contributed by atoms with van der Waals surface area (Å²) in [5, 5.41) is 0.401. The van der Waals surface area contributed by atoms with Crippen molar-refractivity contribution in [1.82, 2.24) is 9.88 Å². The Bertz CT molecular complexity index is 461. The normalized spacial score (nSPS) is 23.4. The first-order chi connectivity index (χ1) is 8.51. The summed E-state index contributed by atoms with van der Waals surface area (Å²) in [6, 6.07) is 3.83. The molecule has 98 valence electrons. The van der Waals surface area contributed by atoms with Crippen molar-refractivity contribution in [3.05, 3.63) is 28.5 Å². The second-order valence-electron chi connectivity index (χ2n) is 5.17. The zero-order chi connectivity index (χ0) is 13.3. The molecule has 4 heteroatoms. The molecule has 1 aliphatic rings. The Morgan fingerprint density at radius 3 is 2.78 bits per heavy atom. The Labute approximate surface area is 113 Å². The van der Waals surface area contributed by atoms with E-state index >= 15 is 0 Å². The molecule has 0 bridgehead atoms. The number of carbonyl (C=O) groups excluding carboxylic acids is 1. The van der Waals surface area contributed by atoms with Crippen molar-refractivity contribution in [2.75, 3.05) is 6.54 Å². The lowest BCUT2D eigenvalue weighted by atomic mass is 10.1. The van der Waals surface area contributed by atoms with Crippen LogP contribution in [0.4, 0.5) is 0 Å². The van der Waals surface area contributed by atoms with Gasteiger partial charge in [0.05, 0.1) is 0 Å².